The molecule has 1 aromatic rings. The van der Waals surface area contributed by atoms with Crippen LogP contribution >= 0.6 is 15.9 Å². The summed E-state index contributed by atoms with van der Waals surface area (Å²) >= 11 is 3.08. The molecule has 94 valence electrons. The Labute approximate surface area is 107 Å². The van der Waals surface area contributed by atoms with Gasteiger partial charge in [-0.25, -0.2) is 4.79 Å². The molecule has 0 radical (unpaired) electrons. The van der Waals surface area contributed by atoms with Crippen LogP contribution < -0.4 is 5.32 Å². The summed E-state index contributed by atoms with van der Waals surface area (Å²) in [4.78, 5) is 22.8. The van der Waals surface area contributed by atoms with Gasteiger partial charge in [-0.15, -0.1) is 0 Å². The summed E-state index contributed by atoms with van der Waals surface area (Å²) in [7, 11) is 0. The van der Waals surface area contributed by atoms with Gasteiger partial charge >= 0.3 is 5.97 Å². The van der Waals surface area contributed by atoms with E-state index in [0.717, 1.165) is 0 Å². The first-order valence-electron chi connectivity index (χ1n) is 5.23. The fourth-order valence-electron chi connectivity index (χ4n) is 1.34. The molecule has 5 nitrogen and oxygen atoms in total. The summed E-state index contributed by atoms with van der Waals surface area (Å²) < 4.78 is 5.35. The first-order valence-corrected chi connectivity index (χ1v) is 6.02. The van der Waals surface area contributed by atoms with Gasteiger partial charge < -0.3 is 14.8 Å². The van der Waals surface area contributed by atoms with Crippen molar-refractivity contribution in [2.24, 2.45) is 5.92 Å². The summed E-state index contributed by atoms with van der Waals surface area (Å²) in [6, 6.07) is 0.603. The van der Waals surface area contributed by atoms with E-state index in [1.54, 1.807) is 6.92 Å². The zero-order valence-corrected chi connectivity index (χ0v) is 11.2. The highest BCUT2D eigenvalue weighted by atomic mass is 79.9. The van der Waals surface area contributed by atoms with E-state index in [-0.39, 0.29) is 5.92 Å². The lowest BCUT2D eigenvalue weighted by molar-refractivity contribution is -0.140. The molecule has 1 aromatic heterocycles. The lowest BCUT2D eigenvalue weighted by Gasteiger charge is -2.19. The van der Waals surface area contributed by atoms with E-state index < -0.39 is 17.9 Å². The monoisotopic (exact) mass is 303 g/mol. The molecule has 1 rings (SSSR count). The van der Waals surface area contributed by atoms with E-state index >= 15 is 0 Å². The van der Waals surface area contributed by atoms with Gasteiger partial charge in [-0.1, -0.05) is 20.3 Å². The molecule has 0 aliphatic heterocycles. The van der Waals surface area contributed by atoms with Crippen molar-refractivity contribution in [3.05, 3.63) is 22.6 Å². The third kappa shape index (κ3) is 3.59. The smallest absolute Gasteiger partial charge is 0.326 e. The van der Waals surface area contributed by atoms with Crippen molar-refractivity contribution >= 4 is 27.8 Å². The van der Waals surface area contributed by atoms with Gasteiger partial charge in [0.15, 0.2) is 4.67 Å². The van der Waals surface area contributed by atoms with Crippen LogP contribution in [-0.4, -0.2) is 23.0 Å². The molecule has 0 bridgehead atoms. The normalized spacial score (nSPS) is 14.1. The third-order valence-corrected chi connectivity index (χ3v) is 3.01. The minimum absolute atomic E-state index is 0.133. The van der Waals surface area contributed by atoms with Crippen molar-refractivity contribution in [2.45, 2.75) is 26.3 Å². The maximum atomic E-state index is 11.7. The molecule has 0 fully saturated rings. The van der Waals surface area contributed by atoms with Gasteiger partial charge in [0.2, 0.25) is 0 Å². The zero-order valence-electron chi connectivity index (χ0n) is 9.57. The van der Waals surface area contributed by atoms with Crippen LogP contribution in [0.4, 0.5) is 0 Å². The van der Waals surface area contributed by atoms with Gasteiger partial charge in [0, 0.05) is 6.07 Å². The Bertz CT molecular complexity index is 415. The molecule has 0 aromatic carbocycles. The number of carbonyl (C=O) groups is 2. The molecule has 1 amide bonds. The number of nitrogens with one attached hydrogen (secondary N) is 1. The molecule has 1 heterocycles. The number of hydrogen-bond donors (Lipinski definition) is 2. The molecular formula is C11H14BrNO4. The summed E-state index contributed by atoms with van der Waals surface area (Å²) in [5, 5.41) is 11.5. The molecule has 0 unspecified atom stereocenters. The van der Waals surface area contributed by atoms with Crippen LogP contribution in [0.2, 0.25) is 0 Å². The van der Waals surface area contributed by atoms with Crippen molar-refractivity contribution < 1.29 is 19.1 Å². The van der Waals surface area contributed by atoms with Crippen LogP contribution in [0, 0.1) is 5.92 Å². The highest BCUT2D eigenvalue weighted by molar-refractivity contribution is 9.10. The van der Waals surface area contributed by atoms with Gasteiger partial charge in [-0.2, -0.15) is 0 Å². The van der Waals surface area contributed by atoms with Crippen molar-refractivity contribution in [3.63, 3.8) is 0 Å². The Balaban J connectivity index is 2.74. The second-order valence-electron chi connectivity index (χ2n) is 3.81. The molecule has 2 N–H and O–H groups in total. The average molecular weight is 304 g/mol. The Morgan fingerprint density at radius 1 is 1.59 bits per heavy atom. The van der Waals surface area contributed by atoms with Crippen LogP contribution in [0.3, 0.4) is 0 Å². The van der Waals surface area contributed by atoms with Crippen molar-refractivity contribution in [3.8, 4) is 0 Å². The van der Waals surface area contributed by atoms with E-state index in [0.29, 0.717) is 16.7 Å². The lowest BCUT2D eigenvalue weighted by Crippen LogP contribution is -2.44. The average Bonchev–Trinajstić information content (AvgIpc) is 2.71. The van der Waals surface area contributed by atoms with Gasteiger partial charge in [0.05, 0.1) is 5.56 Å². The van der Waals surface area contributed by atoms with Gasteiger partial charge in [-0.05, 0) is 21.8 Å². The van der Waals surface area contributed by atoms with Crippen LogP contribution in [0.25, 0.3) is 0 Å². The number of aliphatic carboxylic acids is 1. The van der Waals surface area contributed by atoms with E-state index in [9.17, 15) is 9.59 Å². The molecule has 0 spiro atoms. The minimum Gasteiger partial charge on any atom is -0.480 e. The van der Waals surface area contributed by atoms with Crippen molar-refractivity contribution in [2.75, 3.05) is 0 Å². The largest absolute Gasteiger partial charge is 0.480 e. The lowest BCUT2D eigenvalue weighted by atomic mass is 9.99. The van der Waals surface area contributed by atoms with Gasteiger partial charge in [0.1, 0.15) is 12.3 Å². The maximum absolute atomic E-state index is 11.7. The summed E-state index contributed by atoms with van der Waals surface area (Å²) in [6.07, 6.45) is 1.95. The number of carboxylic acids is 1. The number of hydrogen-bond acceptors (Lipinski definition) is 3. The summed E-state index contributed by atoms with van der Waals surface area (Å²) in [5.74, 6) is -1.62. The molecule has 2 atom stereocenters. The number of halogens is 1. The molecule has 6 heteroatoms. The summed E-state index contributed by atoms with van der Waals surface area (Å²) in [5.41, 5.74) is 0.298. The topological polar surface area (TPSA) is 79.5 Å². The van der Waals surface area contributed by atoms with Crippen LogP contribution in [0.5, 0.6) is 0 Å². The predicted octanol–water partition coefficient (Wildman–Crippen LogP) is 2.27. The molecule has 0 aliphatic rings. The molecule has 0 aliphatic carbocycles. The van der Waals surface area contributed by atoms with E-state index in [1.165, 1.54) is 12.3 Å². The van der Waals surface area contributed by atoms with Crippen LogP contribution in [0.15, 0.2) is 21.4 Å². The Morgan fingerprint density at radius 3 is 2.65 bits per heavy atom. The standard InChI is InChI=1S/C11H14BrNO4/c1-3-6(2)9(11(15)16)13-10(14)7-4-8(12)17-5-7/h4-6,9H,3H2,1-2H3,(H,13,14)(H,15,16)/t6-,9+/m1/s1. The zero-order chi connectivity index (χ0) is 13.0. The van der Waals surface area contributed by atoms with E-state index in [2.05, 4.69) is 21.2 Å². The Hall–Kier alpha value is -1.30. The van der Waals surface area contributed by atoms with E-state index in [4.69, 9.17) is 9.52 Å². The molecular weight excluding hydrogens is 290 g/mol. The Kier molecular flexibility index (Phi) is 4.74. The van der Waals surface area contributed by atoms with Crippen molar-refractivity contribution in [1.82, 2.24) is 5.32 Å². The highest BCUT2D eigenvalue weighted by Gasteiger charge is 2.26. The fourth-order valence-corrected chi connectivity index (χ4v) is 1.68. The third-order valence-electron chi connectivity index (χ3n) is 2.60. The number of furan rings is 1. The molecule has 0 saturated carbocycles. The summed E-state index contributed by atoms with van der Waals surface area (Å²) in [6.45, 7) is 3.66. The minimum atomic E-state index is -1.03. The second kappa shape index (κ2) is 5.86. The van der Waals surface area contributed by atoms with Crippen molar-refractivity contribution in [1.29, 1.82) is 0 Å². The first-order chi connectivity index (χ1) is 7.95. The number of rotatable bonds is 5. The predicted molar refractivity (Wildman–Crippen MR) is 64.8 cm³/mol. The second-order valence-corrected chi connectivity index (χ2v) is 4.60. The first kappa shape index (κ1) is 13.8. The Morgan fingerprint density at radius 2 is 2.24 bits per heavy atom. The van der Waals surface area contributed by atoms with Gasteiger partial charge in [-0.3, -0.25) is 4.79 Å². The maximum Gasteiger partial charge on any atom is 0.326 e. The van der Waals surface area contributed by atoms with Gasteiger partial charge in [0.25, 0.3) is 5.91 Å². The number of amides is 1. The molecule has 0 saturated heterocycles. The quantitative estimate of drug-likeness (QED) is 0.874. The fraction of sp³-hybridized carbons (Fsp3) is 0.455. The SMILES string of the molecule is CC[C@@H](C)[C@H](NC(=O)c1coc(Br)c1)C(=O)O. The highest BCUT2D eigenvalue weighted by Crippen LogP contribution is 2.15. The van der Waals surface area contributed by atoms with Crippen LogP contribution in [-0.2, 0) is 4.79 Å². The van der Waals surface area contributed by atoms with Crippen LogP contribution in [0.1, 0.15) is 30.6 Å². The number of carboxylic acid groups (broad SMARTS) is 1. The number of carbonyl (C=O) groups excluding carboxylic acids is 1. The van der Waals surface area contributed by atoms with E-state index in [1.807, 2.05) is 6.92 Å². The molecule has 17 heavy (non-hydrogen) atoms.